The third-order valence-corrected chi connectivity index (χ3v) is 8.37. The highest BCUT2D eigenvalue weighted by Gasteiger charge is 2.26. The minimum atomic E-state index is -4.02. The fraction of sp³-hybridized carbons (Fsp3) is 0.188. The second kappa shape index (κ2) is 15.5. The lowest BCUT2D eigenvalue weighted by atomic mass is 10.1. The predicted molar refractivity (Wildman–Crippen MR) is 168 cm³/mol. The Morgan fingerprint density at radius 3 is 2.31 bits per heavy atom. The molecule has 0 aliphatic heterocycles. The average Bonchev–Trinajstić information content (AvgIpc) is 3.50. The fourth-order valence-electron chi connectivity index (χ4n) is 4.07. The lowest BCUT2D eigenvalue weighted by Gasteiger charge is -2.21. The molecule has 0 bridgehead atoms. The number of amides is 3. The summed E-state index contributed by atoms with van der Waals surface area (Å²) in [5.41, 5.74) is 4.76. The molecule has 4 rings (SSSR count). The number of nitrogens with zero attached hydrogens (tertiary/aromatic N) is 2. The lowest BCUT2D eigenvalue weighted by Crippen LogP contribution is -2.40. The van der Waals surface area contributed by atoms with E-state index in [0.29, 0.717) is 23.6 Å². The molecule has 0 aliphatic rings. The number of furan rings is 1. The van der Waals surface area contributed by atoms with Gasteiger partial charge in [0.15, 0.2) is 0 Å². The summed E-state index contributed by atoms with van der Waals surface area (Å²) in [5.74, 6) is -1.20. The van der Waals surface area contributed by atoms with Crippen molar-refractivity contribution in [1.29, 1.82) is 0 Å². The summed E-state index contributed by atoms with van der Waals surface area (Å²) < 4.78 is 38.7. The Balaban J connectivity index is 1.31. The van der Waals surface area contributed by atoms with E-state index in [2.05, 4.69) is 21.2 Å². The Morgan fingerprint density at radius 1 is 0.911 bits per heavy atom. The molecule has 3 N–H and O–H groups in total. The average molecular weight is 632 g/mol. The van der Waals surface area contributed by atoms with Gasteiger partial charge in [-0.25, -0.2) is 13.8 Å². The second-order valence-electron chi connectivity index (χ2n) is 9.85. The van der Waals surface area contributed by atoms with Crippen LogP contribution in [0.4, 0.5) is 5.69 Å². The number of hydrogen-bond acceptors (Lipinski definition) is 8. The number of rotatable bonds is 13. The van der Waals surface area contributed by atoms with E-state index in [1.54, 1.807) is 24.3 Å². The van der Waals surface area contributed by atoms with Crippen LogP contribution in [-0.2, 0) is 37.4 Å². The maximum Gasteiger partial charge on any atom is 0.313 e. The van der Waals surface area contributed by atoms with E-state index in [-0.39, 0.29) is 23.7 Å². The fourth-order valence-corrected chi connectivity index (χ4v) is 5.47. The molecule has 45 heavy (non-hydrogen) atoms. The maximum absolute atomic E-state index is 13.4. The van der Waals surface area contributed by atoms with Gasteiger partial charge in [0, 0.05) is 12.2 Å². The van der Waals surface area contributed by atoms with Crippen LogP contribution >= 0.6 is 0 Å². The zero-order valence-electron chi connectivity index (χ0n) is 24.7. The topological polar surface area (TPSA) is 159 Å². The molecule has 1 aromatic heterocycles. The van der Waals surface area contributed by atoms with Gasteiger partial charge in [0.2, 0.25) is 10.0 Å². The summed E-state index contributed by atoms with van der Waals surface area (Å²) in [6.07, 6.45) is 1.63. The maximum atomic E-state index is 13.4. The summed E-state index contributed by atoms with van der Waals surface area (Å²) in [7, 11) is -2.54. The van der Waals surface area contributed by atoms with E-state index in [1.165, 1.54) is 37.6 Å². The Morgan fingerprint density at radius 2 is 1.62 bits per heavy atom. The Bertz CT molecular complexity index is 1740. The molecule has 0 aliphatic carbocycles. The van der Waals surface area contributed by atoms with Crippen molar-refractivity contribution in [3.63, 3.8) is 0 Å². The molecule has 1 heterocycles. The van der Waals surface area contributed by atoms with Crippen molar-refractivity contribution in [2.45, 2.75) is 24.8 Å². The van der Waals surface area contributed by atoms with Gasteiger partial charge in [-0.1, -0.05) is 48.0 Å². The molecule has 12 nitrogen and oxygen atoms in total. The number of hydrazone groups is 1. The van der Waals surface area contributed by atoms with Crippen LogP contribution in [-0.4, -0.2) is 56.9 Å². The standard InChI is InChI=1S/C32H33N5O7S/c1-23-8-10-25(11-9-23)35-32(40)31(39)33-20-27-12-13-28(44-27)21-34-36-30(38)22-37(19-18-24-6-4-3-5-7-24)45(41,42)29-16-14-26(43-2)15-17-29/h3-17,21H,18-20,22H2,1-2H3,(H,33,39)(H,35,40)(H,36,38)/b34-21-. The monoisotopic (exact) mass is 631 g/mol. The Labute approximate surface area is 261 Å². The summed E-state index contributed by atoms with van der Waals surface area (Å²) in [6.45, 7) is 1.44. The molecular weight excluding hydrogens is 598 g/mol. The van der Waals surface area contributed by atoms with E-state index >= 15 is 0 Å². The number of carbonyl (C=O) groups is 3. The first-order valence-corrected chi connectivity index (χ1v) is 15.3. The molecule has 0 unspecified atom stereocenters. The van der Waals surface area contributed by atoms with Gasteiger partial charge >= 0.3 is 11.8 Å². The van der Waals surface area contributed by atoms with Gasteiger partial charge < -0.3 is 19.8 Å². The number of hydrogen-bond donors (Lipinski definition) is 3. The molecule has 3 amide bonds. The summed E-state index contributed by atoms with van der Waals surface area (Å²) in [6, 6.07) is 25.4. The normalized spacial score (nSPS) is 11.4. The van der Waals surface area contributed by atoms with Crippen LogP contribution in [0.1, 0.15) is 22.6 Å². The summed E-state index contributed by atoms with van der Waals surface area (Å²) in [4.78, 5) is 37.1. The van der Waals surface area contributed by atoms with Crippen LogP contribution in [0, 0.1) is 6.92 Å². The van der Waals surface area contributed by atoms with Crippen molar-refractivity contribution >= 4 is 39.6 Å². The highest BCUT2D eigenvalue weighted by molar-refractivity contribution is 7.89. The van der Waals surface area contributed by atoms with E-state index in [0.717, 1.165) is 15.4 Å². The van der Waals surface area contributed by atoms with Gasteiger partial charge in [-0.3, -0.25) is 14.4 Å². The molecule has 4 aromatic rings. The first-order valence-electron chi connectivity index (χ1n) is 13.9. The van der Waals surface area contributed by atoms with Gasteiger partial charge in [-0.15, -0.1) is 0 Å². The van der Waals surface area contributed by atoms with Gasteiger partial charge in [-0.05, 0) is 67.4 Å². The number of nitrogens with one attached hydrogen (secondary N) is 3. The van der Waals surface area contributed by atoms with Crippen molar-refractivity contribution in [2.75, 3.05) is 25.5 Å². The number of aryl methyl sites for hydroxylation is 1. The molecule has 13 heteroatoms. The van der Waals surface area contributed by atoms with Gasteiger partial charge in [0.1, 0.15) is 17.3 Å². The van der Waals surface area contributed by atoms with Crippen LogP contribution in [0.2, 0.25) is 0 Å². The van der Waals surface area contributed by atoms with Crippen LogP contribution in [0.5, 0.6) is 5.75 Å². The Hall–Kier alpha value is -5.27. The number of methoxy groups -OCH3 is 1. The van der Waals surface area contributed by atoms with E-state index in [1.807, 2.05) is 49.4 Å². The van der Waals surface area contributed by atoms with E-state index < -0.39 is 34.3 Å². The van der Waals surface area contributed by atoms with Crippen LogP contribution in [0.3, 0.4) is 0 Å². The van der Waals surface area contributed by atoms with Gasteiger partial charge in [0.25, 0.3) is 5.91 Å². The largest absolute Gasteiger partial charge is 0.497 e. The number of carbonyl (C=O) groups excluding carboxylic acids is 3. The number of benzene rings is 3. The van der Waals surface area contributed by atoms with Crippen molar-refractivity contribution < 1.29 is 32.0 Å². The molecule has 0 saturated carbocycles. The first kappa shape index (κ1) is 32.6. The smallest absolute Gasteiger partial charge is 0.313 e. The van der Waals surface area contributed by atoms with Crippen LogP contribution in [0.15, 0.2) is 105 Å². The molecule has 0 radical (unpaired) electrons. The quantitative estimate of drug-likeness (QED) is 0.116. The van der Waals surface area contributed by atoms with E-state index in [4.69, 9.17) is 9.15 Å². The summed E-state index contributed by atoms with van der Waals surface area (Å²) in [5, 5.41) is 8.85. The SMILES string of the molecule is COc1ccc(S(=O)(=O)N(CCc2ccccc2)CC(=O)N/N=C\c2ccc(CNC(=O)C(=O)Nc3ccc(C)cc3)o2)cc1. The first-order chi connectivity index (χ1) is 21.6. The minimum absolute atomic E-state index is 0.0236. The molecule has 3 aromatic carbocycles. The number of ether oxygens (including phenoxy) is 1. The van der Waals surface area contributed by atoms with Crippen molar-refractivity contribution in [3.8, 4) is 5.75 Å². The van der Waals surface area contributed by atoms with E-state index in [9.17, 15) is 22.8 Å². The van der Waals surface area contributed by atoms with Crippen LogP contribution < -0.4 is 20.8 Å². The van der Waals surface area contributed by atoms with Gasteiger partial charge in [0.05, 0.1) is 31.3 Å². The lowest BCUT2D eigenvalue weighted by molar-refractivity contribution is -0.136. The number of sulfonamides is 1. The minimum Gasteiger partial charge on any atom is -0.497 e. The molecule has 0 spiro atoms. The zero-order valence-corrected chi connectivity index (χ0v) is 25.5. The zero-order chi connectivity index (χ0) is 32.2. The number of anilines is 1. The van der Waals surface area contributed by atoms with Crippen molar-refractivity contribution in [3.05, 3.63) is 114 Å². The van der Waals surface area contributed by atoms with Crippen molar-refractivity contribution in [1.82, 2.24) is 15.0 Å². The molecule has 0 saturated heterocycles. The molecule has 0 fully saturated rings. The molecule has 0 atom stereocenters. The third kappa shape index (κ3) is 9.61. The highest BCUT2D eigenvalue weighted by Crippen LogP contribution is 2.20. The molecular formula is C32H33N5O7S. The third-order valence-electron chi connectivity index (χ3n) is 6.51. The summed E-state index contributed by atoms with van der Waals surface area (Å²) >= 11 is 0. The highest BCUT2D eigenvalue weighted by atomic mass is 32.2. The van der Waals surface area contributed by atoms with Crippen molar-refractivity contribution in [2.24, 2.45) is 5.10 Å². The Kier molecular flexibility index (Phi) is 11.2. The molecule has 234 valence electrons. The van der Waals surface area contributed by atoms with Gasteiger partial charge in [-0.2, -0.15) is 9.41 Å². The predicted octanol–water partition coefficient (Wildman–Crippen LogP) is 3.24. The van der Waals surface area contributed by atoms with Crippen LogP contribution in [0.25, 0.3) is 0 Å². The second-order valence-corrected chi connectivity index (χ2v) is 11.8.